The van der Waals surface area contributed by atoms with Crippen LogP contribution in [-0.2, 0) is 27.9 Å². The van der Waals surface area contributed by atoms with Crippen LogP contribution >= 0.6 is 23.4 Å². The number of alkyl carbamates (subject to hydrolysis) is 1. The molecule has 1 aliphatic rings. The van der Waals surface area contributed by atoms with Gasteiger partial charge in [-0.05, 0) is 76.4 Å². The molecule has 2 aromatic carbocycles. The molecular weight excluding hydrogens is 618 g/mol. The van der Waals surface area contributed by atoms with E-state index in [1.807, 2.05) is 45.0 Å². The number of amides is 3. The molecule has 0 aliphatic carbocycles. The number of fused-ring (bicyclic) bond motifs is 1. The molecule has 3 aromatic rings. The number of ether oxygens (including phenoxy) is 1. The van der Waals surface area contributed by atoms with Crippen molar-refractivity contribution in [2.75, 3.05) is 10.7 Å². The Morgan fingerprint density at radius 3 is 2.33 bits per heavy atom. The first kappa shape index (κ1) is 34.1. The van der Waals surface area contributed by atoms with Crippen molar-refractivity contribution in [3.05, 3.63) is 58.4 Å². The van der Waals surface area contributed by atoms with Gasteiger partial charge in [0, 0.05) is 32.2 Å². The van der Waals surface area contributed by atoms with Crippen LogP contribution in [0, 0.1) is 0 Å². The van der Waals surface area contributed by atoms with E-state index in [1.165, 1.54) is 11.8 Å². The molecule has 4 rings (SSSR count). The van der Waals surface area contributed by atoms with Gasteiger partial charge < -0.3 is 29.8 Å². The Bertz CT molecular complexity index is 1580. The van der Waals surface area contributed by atoms with E-state index < -0.39 is 34.8 Å². The Hall–Kier alpha value is -3.77. The minimum atomic E-state index is -1.14. The standard InChI is InChI=1S/C32H40ClN5O6S/c1-30(2,3)27-37-36-25(43-27)21-14-23-24(13-19(21)15-32(7,8)35-28(40)41)45-17-22(34-29(42)44-31(4,5)6)26(39)38(23)16-18-9-11-20(33)12-10-18/h9-14,22,35H,15-17H2,1-8H3,(H,34,42)(H,40,41)/t22-/m0/s1. The van der Waals surface area contributed by atoms with Gasteiger partial charge in [0.05, 0.1) is 12.2 Å². The second-order valence-corrected chi connectivity index (χ2v) is 15.2. The van der Waals surface area contributed by atoms with Crippen molar-refractivity contribution in [2.24, 2.45) is 0 Å². The zero-order chi connectivity index (χ0) is 33.3. The lowest BCUT2D eigenvalue weighted by Gasteiger charge is -2.29. The van der Waals surface area contributed by atoms with Gasteiger partial charge in [0.2, 0.25) is 11.8 Å². The molecule has 0 spiro atoms. The maximum atomic E-state index is 14.2. The third kappa shape index (κ3) is 8.91. The molecule has 45 heavy (non-hydrogen) atoms. The molecular formula is C32H40ClN5O6S. The van der Waals surface area contributed by atoms with Crippen LogP contribution in [0.5, 0.6) is 0 Å². The fraction of sp³-hybridized carbons (Fsp3) is 0.469. The molecule has 1 aromatic heterocycles. The summed E-state index contributed by atoms with van der Waals surface area (Å²) < 4.78 is 11.6. The highest BCUT2D eigenvalue weighted by molar-refractivity contribution is 7.99. The summed E-state index contributed by atoms with van der Waals surface area (Å²) in [6, 6.07) is 10.1. The van der Waals surface area contributed by atoms with Crippen LogP contribution in [0.2, 0.25) is 5.02 Å². The molecule has 11 nitrogen and oxygen atoms in total. The van der Waals surface area contributed by atoms with Crippen molar-refractivity contribution >= 4 is 47.1 Å². The molecule has 3 N–H and O–H groups in total. The molecule has 0 unspecified atom stereocenters. The van der Waals surface area contributed by atoms with Crippen molar-refractivity contribution in [2.45, 2.75) is 95.8 Å². The molecule has 242 valence electrons. The van der Waals surface area contributed by atoms with Gasteiger partial charge >= 0.3 is 12.2 Å². The van der Waals surface area contributed by atoms with Crippen molar-refractivity contribution in [1.29, 1.82) is 0 Å². The molecule has 0 saturated heterocycles. The number of thioether (sulfide) groups is 1. The lowest BCUT2D eigenvalue weighted by Crippen LogP contribution is -2.50. The summed E-state index contributed by atoms with van der Waals surface area (Å²) in [6.07, 6.45) is -1.54. The first-order chi connectivity index (χ1) is 20.8. The van der Waals surface area contributed by atoms with Gasteiger partial charge in [-0.15, -0.1) is 22.0 Å². The Kier molecular flexibility index (Phi) is 9.79. The summed E-state index contributed by atoms with van der Waals surface area (Å²) in [5, 5.41) is 24.0. The number of nitrogens with zero attached hydrogens (tertiary/aromatic N) is 3. The number of carbonyl (C=O) groups excluding carboxylic acids is 2. The van der Waals surface area contributed by atoms with Crippen LogP contribution < -0.4 is 15.5 Å². The number of hydrogen-bond acceptors (Lipinski definition) is 8. The number of benzene rings is 2. The Balaban J connectivity index is 1.86. The third-order valence-electron chi connectivity index (χ3n) is 6.76. The molecule has 13 heteroatoms. The minimum absolute atomic E-state index is 0.192. The summed E-state index contributed by atoms with van der Waals surface area (Å²) in [5.41, 5.74) is 0.739. The van der Waals surface area contributed by atoms with E-state index in [0.717, 1.165) is 16.0 Å². The highest BCUT2D eigenvalue weighted by atomic mass is 35.5. The molecule has 0 bridgehead atoms. The lowest BCUT2D eigenvalue weighted by atomic mass is 9.91. The van der Waals surface area contributed by atoms with Crippen LogP contribution in [0.1, 0.15) is 72.4 Å². The number of rotatable bonds is 7. The number of aromatic nitrogens is 2. The second kappa shape index (κ2) is 12.9. The van der Waals surface area contributed by atoms with Gasteiger partial charge in [0.15, 0.2) is 0 Å². The summed E-state index contributed by atoms with van der Waals surface area (Å²) in [7, 11) is 0. The average Bonchev–Trinajstić information content (AvgIpc) is 3.35. The quantitative estimate of drug-likeness (QED) is 0.249. The van der Waals surface area contributed by atoms with Crippen LogP contribution in [0.15, 0.2) is 45.7 Å². The zero-order valence-corrected chi connectivity index (χ0v) is 28.4. The smallest absolute Gasteiger partial charge is 0.408 e. The van der Waals surface area contributed by atoms with E-state index in [-0.39, 0.29) is 24.1 Å². The minimum Gasteiger partial charge on any atom is -0.465 e. The molecule has 0 fully saturated rings. The van der Waals surface area contributed by atoms with Gasteiger partial charge in [-0.2, -0.15) is 0 Å². The first-order valence-corrected chi connectivity index (χ1v) is 15.9. The van der Waals surface area contributed by atoms with E-state index in [9.17, 15) is 19.5 Å². The zero-order valence-electron chi connectivity index (χ0n) is 26.8. The van der Waals surface area contributed by atoms with Crippen molar-refractivity contribution in [3.8, 4) is 11.5 Å². The normalized spacial score (nSPS) is 15.7. The summed E-state index contributed by atoms with van der Waals surface area (Å²) in [5.74, 6) is 0.605. The predicted octanol–water partition coefficient (Wildman–Crippen LogP) is 6.81. The largest absolute Gasteiger partial charge is 0.465 e. The Labute approximate surface area is 272 Å². The number of anilines is 1. The maximum absolute atomic E-state index is 14.2. The van der Waals surface area contributed by atoms with Gasteiger partial charge in [-0.1, -0.05) is 44.5 Å². The number of hydrogen-bond donors (Lipinski definition) is 3. The number of nitrogens with one attached hydrogen (secondary N) is 2. The highest BCUT2D eigenvalue weighted by Crippen LogP contribution is 2.41. The summed E-state index contributed by atoms with van der Waals surface area (Å²) in [6.45, 7) is 14.9. The van der Waals surface area contributed by atoms with Crippen LogP contribution in [0.25, 0.3) is 11.5 Å². The molecule has 0 radical (unpaired) electrons. The van der Waals surface area contributed by atoms with Crippen LogP contribution in [0.3, 0.4) is 0 Å². The SMILES string of the molecule is CC(C)(Cc1cc2c(cc1-c1nnc(C(C)(C)C)o1)N(Cc1ccc(Cl)cc1)C(=O)[C@@H](NC(=O)OC(C)(C)C)CS2)NC(=O)O. The number of halogens is 1. The maximum Gasteiger partial charge on any atom is 0.408 e. The Morgan fingerprint density at radius 2 is 1.76 bits per heavy atom. The van der Waals surface area contributed by atoms with E-state index >= 15 is 0 Å². The number of carbonyl (C=O) groups is 3. The molecule has 3 amide bonds. The Morgan fingerprint density at radius 1 is 1.09 bits per heavy atom. The van der Waals surface area contributed by atoms with Crippen molar-refractivity contribution in [1.82, 2.24) is 20.8 Å². The van der Waals surface area contributed by atoms with Gasteiger partial charge in [-0.3, -0.25) is 4.79 Å². The highest BCUT2D eigenvalue weighted by Gasteiger charge is 2.35. The topological polar surface area (TPSA) is 147 Å². The molecule has 1 atom stereocenters. The number of carboxylic acid groups (broad SMARTS) is 1. The van der Waals surface area contributed by atoms with Crippen LogP contribution in [-0.4, -0.2) is 56.3 Å². The van der Waals surface area contributed by atoms with Crippen LogP contribution in [0.4, 0.5) is 15.3 Å². The van der Waals surface area contributed by atoms with Crippen molar-refractivity contribution in [3.63, 3.8) is 0 Å². The summed E-state index contributed by atoms with van der Waals surface area (Å²) >= 11 is 7.55. The van der Waals surface area contributed by atoms with Gasteiger partial charge in [0.1, 0.15) is 11.6 Å². The molecule has 2 heterocycles. The second-order valence-electron chi connectivity index (χ2n) is 13.7. The molecule has 1 aliphatic heterocycles. The van der Waals surface area contributed by atoms with E-state index in [1.54, 1.807) is 51.7 Å². The average molecular weight is 658 g/mol. The van der Waals surface area contributed by atoms with Crippen molar-refractivity contribution < 1.29 is 28.6 Å². The first-order valence-electron chi connectivity index (χ1n) is 14.5. The van der Waals surface area contributed by atoms with Gasteiger partial charge in [-0.25, -0.2) is 9.59 Å². The fourth-order valence-corrected chi connectivity index (χ4v) is 6.01. The van der Waals surface area contributed by atoms with E-state index in [4.69, 9.17) is 20.8 Å². The van der Waals surface area contributed by atoms with E-state index in [0.29, 0.717) is 28.6 Å². The monoisotopic (exact) mass is 657 g/mol. The lowest BCUT2D eigenvalue weighted by molar-refractivity contribution is -0.120. The van der Waals surface area contributed by atoms with E-state index in [2.05, 4.69) is 20.8 Å². The molecule has 0 saturated carbocycles. The predicted molar refractivity (Wildman–Crippen MR) is 174 cm³/mol. The fourth-order valence-electron chi connectivity index (χ4n) is 4.77. The third-order valence-corrected chi connectivity index (χ3v) is 8.15. The summed E-state index contributed by atoms with van der Waals surface area (Å²) in [4.78, 5) is 40.9. The van der Waals surface area contributed by atoms with Gasteiger partial charge in [0.25, 0.3) is 5.91 Å².